The van der Waals surface area contributed by atoms with Gasteiger partial charge in [0.05, 0.1) is 24.8 Å². The number of unbranched alkanes of at least 4 members (excludes halogenated alkanes) is 11. The maximum Gasteiger partial charge on any atom is 0.410 e. The summed E-state index contributed by atoms with van der Waals surface area (Å²) in [7, 11) is 1.51. The van der Waals surface area contributed by atoms with Crippen LogP contribution in [0.25, 0.3) is 0 Å². The standard InChI is InChI=1S/C48H69FN2O8/c1-4-6-7-8-9-10-11-12-13-18-30-57-47(55)51(34-35-21-23-37(49)24-22-35)44-33-42(50-56-3)40-31-36(19-14-16-27-52)39(20-15-17-28-53)45-41-32-38(54)25-26-43(41)59-48(44,46(40)45)58-29-5-2/h5,21-26,31-32,36,39,44-46,52-54H,2,4,6-20,27-30,33-34H2,1,3H3. The van der Waals surface area contributed by atoms with E-state index in [0.717, 1.165) is 56.1 Å². The van der Waals surface area contributed by atoms with Crippen LogP contribution in [0.15, 0.2) is 71.9 Å². The van der Waals surface area contributed by atoms with E-state index in [9.17, 15) is 24.5 Å². The minimum absolute atomic E-state index is 0.0292. The third-order valence-electron chi connectivity index (χ3n) is 12.5. The molecule has 0 radical (unpaired) electrons. The van der Waals surface area contributed by atoms with E-state index < -0.39 is 23.8 Å². The summed E-state index contributed by atoms with van der Waals surface area (Å²) in [4.78, 5) is 21.8. The fraction of sp³-hybridized carbons (Fsp3) is 0.625. The lowest BCUT2D eigenvalue weighted by Gasteiger charge is -2.59. The molecule has 10 nitrogen and oxygen atoms in total. The Morgan fingerprint density at radius 2 is 1.63 bits per heavy atom. The molecule has 0 spiro atoms. The van der Waals surface area contributed by atoms with Gasteiger partial charge in [-0.1, -0.05) is 107 Å². The van der Waals surface area contributed by atoms with E-state index in [1.165, 1.54) is 64.2 Å². The molecule has 6 atom stereocenters. The van der Waals surface area contributed by atoms with Crippen LogP contribution >= 0.6 is 0 Å². The van der Waals surface area contributed by atoms with Crippen molar-refractivity contribution in [3.63, 3.8) is 0 Å². The molecular formula is C48H69FN2O8. The summed E-state index contributed by atoms with van der Waals surface area (Å²) in [6, 6.07) is 10.5. The van der Waals surface area contributed by atoms with E-state index in [1.807, 2.05) is 0 Å². The van der Waals surface area contributed by atoms with Crippen LogP contribution in [-0.4, -0.2) is 77.4 Å². The second-order valence-corrected chi connectivity index (χ2v) is 16.5. The topological polar surface area (TPSA) is 130 Å². The van der Waals surface area contributed by atoms with Gasteiger partial charge in [0.2, 0.25) is 5.79 Å². The van der Waals surface area contributed by atoms with E-state index in [4.69, 9.17) is 19.0 Å². The van der Waals surface area contributed by atoms with Gasteiger partial charge in [0, 0.05) is 37.7 Å². The number of rotatable bonds is 26. The van der Waals surface area contributed by atoms with Crippen LogP contribution in [0, 0.1) is 23.6 Å². The Balaban J connectivity index is 1.56. The van der Waals surface area contributed by atoms with Gasteiger partial charge in [0.15, 0.2) is 0 Å². The Morgan fingerprint density at radius 1 is 0.949 bits per heavy atom. The largest absolute Gasteiger partial charge is 0.508 e. The fourth-order valence-corrected chi connectivity index (χ4v) is 9.69. The Kier molecular flexibility index (Phi) is 18.6. The number of aliphatic hydroxyl groups is 2. The van der Waals surface area contributed by atoms with Crippen molar-refractivity contribution in [2.75, 3.05) is 33.5 Å². The molecule has 2 aromatic rings. The smallest absolute Gasteiger partial charge is 0.410 e. The van der Waals surface area contributed by atoms with Gasteiger partial charge in [-0.15, -0.1) is 6.58 Å². The number of carbonyl (C=O) groups is 1. The quantitative estimate of drug-likeness (QED) is 0.0486. The van der Waals surface area contributed by atoms with Gasteiger partial charge in [-0.05, 0) is 85.4 Å². The molecule has 1 aliphatic heterocycles. The number of aromatic hydroxyl groups is 1. The maximum atomic E-state index is 14.6. The molecule has 1 heterocycles. The minimum Gasteiger partial charge on any atom is -0.508 e. The summed E-state index contributed by atoms with van der Waals surface area (Å²) in [6.45, 7) is 6.86. The van der Waals surface area contributed by atoms with Crippen LogP contribution < -0.4 is 4.74 Å². The highest BCUT2D eigenvalue weighted by Gasteiger charge is 2.65. The van der Waals surface area contributed by atoms with Crippen molar-refractivity contribution in [3.8, 4) is 11.5 Å². The average Bonchev–Trinajstić information content (AvgIpc) is 3.23. The van der Waals surface area contributed by atoms with E-state index >= 15 is 0 Å². The summed E-state index contributed by atoms with van der Waals surface area (Å²) in [5, 5.41) is 35.1. The minimum atomic E-state index is -1.47. The second-order valence-electron chi connectivity index (χ2n) is 16.5. The highest BCUT2D eigenvalue weighted by molar-refractivity contribution is 6.02. The summed E-state index contributed by atoms with van der Waals surface area (Å²) in [5.41, 5.74) is 3.11. The molecule has 326 valence electrons. The molecule has 2 aliphatic carbocycles. The Bertz CT molecular complexity index is 1670. The maximum absolute atomic E-state index is 14.6. The van der Waals surface area contributed by atoms with Crippen LogP contribution in [-0.2, 0) is 20.9 Å². The summed E-state index contributed by atoms with van der Waals surface area (Å²) in [5.74, 6) is -1.85. The van der Waals surface area contributed by atoms with E-state index in [2.05, 4.69) is 24.7 Å². The first-order chi connectivity index (χ1) is 28.8. The van der Waals surface area contributed by atoms with Crippen molar-refractivity contribution in [3.05, 3.63) is 83.7 Å². The molecule has 1 saturated carbocycles. The fourth-order valence-electron chi connectivity index (χ4n) is 9.69. The number of nitrogens with zero attached hydrogens (tertiary/aromatic N) is 2. The molecular weight excluding hydrogens is 752 g/mol. The number of phenols is 1. The molecule has 0 aromatic heterocycles. The number of phenolic OH excluding ortho intramolecular Hbond substituents is 1. The predicted molar refractivity (Wildman–Crippen MR) is 229 cm³/mol. The molecule has 1 fully saturated rings. The van der Waals surface area contributed by atoms with Gasteiger partial charge in [-0.25, -0.2) is 9.18 Å². The Hall–Kier alpha value is -3.93. The number of ether oxygens (including phenoxy) is 3. The molecule has 5 rings (SSSR count). The SMILES string of the molecule is C=CCOC12Oc3ccc(O)cc3C3C(CCCCO)C(CCCCO)C=C(C(=NOC)CC1N(Cc1ccc(F)cc1)C(=O)OCCCCCCCCCCCC)C32. The van der Waals surface area contributed by atoms with Crippen molar-refractivity contribution in [1.82, 2.24) is 4.90 Å². The van der Waals surface area contributed by atoms with Gasteiger partial charge in [0.25, 0.3) is 0 Å². The van der Waals surface area contributed by atoms with E-state index in [-0.39, 0.29) is 68.7 Å². The number of halogens is 1. The zero-order valence-corrected chi connectivity index (χ0v) is 35.5. The average molecular weight is 821 g/mol. The number of hydrogen-bond donors (Lipinski definition) is 3. The van der Waals surface area contributed by atoms with Crippen molar-refractivity contribution in [2.24, 2.45) is 22.9 Å². The van der Waals surface area contributed by atoms with Crippen molar-refractivity contribution in [2.45, 2.75) is 140 Å². The van der Waals surface area contributed by atoms with Crippen molar-refractivity contribution >= 4 is 11.8 Å². The van der Waals surface area contributed by atoms with E-state index in [0.29, 0.717) is 29.9 Å². The van der Waals surface area contributed by atoms with Crippen LogP contribution in [0.1, 0.15) is 133 Å². The molecule has 0 saturated heterocycles. The van der Waals surface area contributed by atoms with Crippen molar-refractivity contribution in [1.29, 1.82) is 0 Å². The Labute approximate surface area is 351 Å². The molecule has 3 aliphatic rings. The molecule has 59 heavy (non-hydrogen) atoms. The van der Waals surface area contributed by atoms with Gasteiger partial charge < -0.3 is 34.4 Å². The summed E-state index contributed by atoms with van der Waals surface area (Å²) in [6.07, 6.45) is 19.7. The second kappa shape index (κ2) is 23.8. The summed E-state index contributed by atoms with van der Waals surface area (Å²) < 4.78 is 34.5. The van der Waals surface area contributed by atoms with Gasteiger partial charge in [-0.3, -0.25) is 4.90 Å². The third kappa shape index (κ3) is 11.9. The number of oxime groups is 1. The number of benzene rings is 2. The normalized spacial score (nSPS) is 23.8. The van der Waals surface area contributed by atoms with E-state index in [1.54, 1.807) is 41.3 Å². The third-order valence-corrected chi connectivity index (χ3v) is 12.5. The zero-order valence-electron chi connectivity index (χ0n) is 35.5. The number of allylic oxidation sites excluding steroid dienone is 1. The van der Waals surface area contributed by atoms with Gasteiger partial charge in [-0.2, -0.15) is 0 Å². The number of carbonyl (C=O) groups excluding carboxylic acids is 1. The van der Waals surface area contributed by atoms with Crippen molar-refractivity contribution < 1.29 is 43.6 Å². The molecule has 0 bridgehead atoms. The first-order valence-electron chi connectivity index (χ1n) is 22.3. The van der Waals surface area contributed by atoms with Crippen LogP contribution in [0.5, 0.6) is 11.5 Å². The number of aliphatic hydroxyl groups excluding tert-OH is 2. The lowest BCUT2D eigenvalue weighted by Crippen LogP contribution is -2.70. The summed E-state index contributed by atoms with van der Waals surface area (Å²) >= 11 is 0. The zero-order chi connectivity index (χ0) is 42.0. The van der Waals surface area contributed by atoms with Crippen LogP contribution in [0.2, 0.25) is 0 Å². The highest BCUT2D eigenvalue weighted by Crippen LogP contribution is 2.62. The highest BCUT2D eigenvalue weighted by atomic mass is 19.1. The molecule has 1 amide bonds. The molecule has 6 unspecified atom stereocenters. The monoisotopic (exact) mass is 821 g/mol. The number of hydrogen-bond acceptors (Lipinski definition) is 9. The predicted octanol–water partition coefficient (Wildman–Crippen LogP) is 10.4. The van der Waals surface area contributed by atoms with Gasteiger partial charge >= 0.3 is 6.09 Å². The number of fused-ring (bicyclic) bond motifs is 2. The molecule has 2 aromatic carbocycles. The lowest BCUT2D eigenvalue weighted by atomic mass is 9.55. The van der Waals surface area contributed by atoms with Crippen LogP contribution in [0.3, 0.4) is 0 Å². The van der Waals surface area contributed by atoms with Crippen LogP contribution in [0.4, 0.5) is 9.18 Å². The lowest BCUT2D eigenvalue weighted by molar-refractivity contribution is -0.256. The first kappa shape index (κ1) is 46.1. The number of amides is 1. The first-order valence-corrected chi connectivity index (χ1v) is 22.3. The molecule has 11 heteroatoms. The Morgan fingerprint density at radius 3 is 2.29 bits per heavy atom. The molecule has 3 N–H and O–H groups in total. The van der Waals surface area contributed by atoms with Gasteiger partial charge in [0.1, 0.15) is 30.5 Å².